The Balaban J connectivity index is 0.000000121. The van der Waals surface area contributed by atoms with Gasteiger partial charge in [0.15, 0.2) is 27.7 Å². The summed E-state index contributed by atoms with van der Waals surface area (Å²) in [4.78, 5) is 60.5. The molecule has 458 valence electrons. The Morgan fingerprint density at radius 1 is 0.529 bits per heavy atom. The van der Waals surface area contributed by atoms with Crippen LogP contribution in [0.4, 0.5) is 4.79 Å². The largest absolute Gasteiger partial charge is 0.381 e. The van der Waals surface area contributed by atoms with Crippen molar-refractivity contribution in [2.24, 2.45) is 44.7 Å². The molecule has 8 fully saturated rings. The number of nitrogens with two attached hydrogens (primary N) is 1. The first kappa shape index (κ1) is 60.7. The summed E-state index contributed by atoms with van der Waals surface area (Å²) in [6, 6.07) is 18.5. The summed E-state index contributed by atoms with van der Waals surface area (Å²) < 4.78 is 16.7. The van der Waals surface area contributed by atoms with Crippen molar-refractivity contribution in [3.05, 3.63) is 105 Å². The van der Waals surface area contributed by atoms with E-state index in [4.69, 9.17) is 42.4 Å². The third-order valence-corrected chi connectivity index (χ3v) is 21.2. The molecule has 3 aromatic carbocycles. The van der Waals surface area contributed by atoms with Crippen LogP contribution in [-0.2, 0) is 69.4 Å². The Hall–Kier alpha value is -6.62. The average Bonchev–Trinajstić information content (AvgIpc) is 1.56. The van der Waals surface area contributed by atoms with E-state index in [9.17, 15) is 19.2 Å². The second-order valence-corrected chi connectivity index (χ2v) is 28.0. The van der Waals surface area contributed by atoms with Crippen molar-refractivity contribution < 1.29 is 43.5 Å². The summed E-state index contributed by atoms with van der Waals surface area (Å²) in [5, 5.41) is 23.0. The number of nitrogens with one attached hydrogen (secondary N) is 5. The van der Waals surface area contributed by atoms with Crippen LogP contribution in [0.3, 0.4) is 0 Å². The van der Waals surface area contributed by atoms with Crippen LogP contribution in [0.5, 0.6) is 0 Å². The highest BCUT2D eigenvalue weighted by atomic mass is 32.1. The molecule has 16 nitrogen and oxygen atoms in total. The number of thiocarbonyl (C=S) groups is 1. The number of imide groups is 1. The fourth-order valence-corrected chi connectivity index (χ4v) is 16.1. The molecule has 3 aliphatic heterocycles. The van der Waals surface area contributed by atoms with Crippen molar-refractivity contribution in [1.29, 1.82) is 0 Å². The Labute approximate surface area is 517 Å². The van der Waals surface area contributed by atoms with Gasteiger partial charge in [-0.15, -0.1) is 0 Å². The zero-order valence-electron chi connectivity index (χ0n) is 51.2. The number of rotatable bonds is 3. The molecule has 15 rings (SSSR count). The number of fused-ring (bicyclic) bond motifs is 9. The molecule has 9 aliphatic carbocycles. The molecule has 87 heavy (non-hydrogen) atoms. The van der Waals surface area contributed by atoms with Gasteiger partial charge in [-0.25, -0.2) is 14.7 Å². The first-order valence-corrected chi connectivity index (χ1v) is 32.0. The Morgan fingerprint density at radius 2 is 0.897 bits per heavy atom. The topological polar surface area (TPSA) is 224 Å². The minimum atomic E-state index is -0.977. The number of hydrogen-bond acceptors (Lipinski definition) is 12. The number of nitrogens with zero attached hydrogens (tertiary/aromatic N) is 1. The molecule has 0 bridgehead atoms. The predicted octanol–water partition coefficient (Wildman–Crippen LogP) is 8.89. The number of carbonyl (C=O) groups is 4. The molecule has 3 atom stereocenters. The van der Waals surface area contributed by atoms with E-state index in [0.717, 1.165) is 135 Å². The lowest BCUT2D eigenvalue weighted by Crippen LogP contribution is -2.56. The fraction of sp³-hybridized carbons (Fsp3) is 0.571. The van der Waals surface area contributed by atoms with Crippen molar-refractivity contribution >= 4 is 47.0 Å². The Bertz CT molecular complexity index is 3360. The highest BCUT2D eigenvalue weighted by molar-refractivity contribution is 7.80. The summed E-state index contributed by atoms with van der Waals surface area (Å²) in [7, 11) is 5.30. The highest BCUT2D eigenvalue weighted by Crippen LogP contribution is 2.63. The van der Waals surface area contributed by atoms with Gasteiger partial charge in [-0.05, 0) is 238 Å². The first-order chi connectivity index (χ1) is 41.7. The molecular formula is C70H83N7O9S. The lowest BCUT2D eigenvalue weighted by molar-refractivity contribution is -0.306. The van der Waals surface area contributed by atoms with Crippen LogP contribution < -0.4 is 32.3 Å². The number of methoxy groups -OCH3 is 3. The zero-order chi connectivity index (χ0) is 61.2. The zero-order valence-corrected chi connectivity index (χ0v) is 52.0. The summed E-state index contributed by atoms with van der Waals surface area (Å²) >= 11 is 5.36. The number of aliphatic imine (C=N–C) groups is 1. The number of benzene rings is 3. The van der Waals surface area contributed by atoms with E-state index in [-0.39, 0.29) is 58.2 Å². The maximum atomic E-state index is 13.3. The molecule has 5 amide bonds. The third kappa shape index (κ3) is 11.2. The smallest absolute Gasteiger partial charge is 0.322 e. The molecule has 3 heterocycles. The summed E-state index contributed by atoms with van der Waals surface area (Å²) in [6.07, 6.45) is 21.6. The molecule has 12 aliphatic rings. The summed E-state index contributed by atoms with van der Waals surface area (Å²) in [5.74, 6) is 21.4. The van der Waals surface area contributed by atoms with Crippen LogP contribution in [0.25, 0.3) is 0 Å². The molecule has 2 saturated heterocycles. The van der Waals surface area contributed by atoms with Gasteiger partial charge in [0.1, 0.15) is 0 Å². The lowest BCUT2D eigenvalue weighted by Gasteiger charge is -2.46. The van der Waals surface area contributed by atoms with E-state index >= 15 is 0 Å². The normalized spacial score (nSPS) is 32.7. The van der Waals surface area contributed by atoms with E-state index in [1.807, 2.05) is 6.07 Å². The van der Waals surface area contributed by atoms with Crippen molar-refractivity contribution in [2.75, 3.05) is 21.3 Å². The predicted molar refractivity (Wildman–Crippen MR) is 333 cm³/mol. The van der Waals surface area contributed by atoms with Crippen molar-refractivity contribution in [1.82, 2.24) is 26.6 Å². The number of urea groups is 1. The molecule has 3 aromatic rings. The van der Waals surface area contributed by atoms with E-state index in [0.29, 0.717) is 22.9 Å². The Morgan fingerprint density at radius 3 is 1.23 bits per heavy atom. The quantitative estimate of drug-likeness (QED) is 0.0430. The van der Waals surface area contributed by atoms with Crippen LogP contribution in [0.15, 0.2) is 59.6 Å². The van der Waals surface area contributed by atoms with Crippen molar-refractivity contribution in [3.63, 3.8) is 0 Å². The van der Waals surface area contributed by atoms with Crippen molar-refractivity contribution in [3.8, 4) is 35.5 Å². The molecule has 0 aromatic heterocycles. The van der Waals surface area contributed by atoms with Crippen LogP contribution in [0.2, 0.25) is 0 Å². The molecule has 17 heteroatoms. The number of hydrogen-bond donors (Lipinski definition) is 7. The number of carbonyl (C=O) groups excluding carboxylic acids is 4. The van der Waals surface area contributed by atoms with Gasteiger partial charge in [0.2, 0.25) is 0 Å². The average molecular weight is 1200 g/mol. The van der Waals surface area contributed by atoms with Gasteiger partial charge in [-0.3, -0.25) is 30.3 Å². The fourth-order valence-electron chi connectivity index (χ4n) is 15.9. The minimum absolute atomic E-state index is 0.00517. The van der Waals surface area contributed by atoms with E-state index in [1.165, 1.54) is 49.7 Å². The lowest BCUT2D eigenvalue weighted by atomic mass is 9.61. The minimum Gasteiger partial charge on any atom is -0.381 e. The van der Waals surface area contributed by atoms with Gasteiger partial charge >= 0.3 is 6.03 Å². The van der Waals surface area contributed by atoms with Gasteiger partial charge in [0, 0.05) is 72.0 Å². The van der Waals surface area contributed by atoms with Gasteiger partial charge < -0.3 is 35.9 Å². The van der Waals surface area contributed by atoms with Crippen LogP contribution >= 0.6 is 12.2 Å². The first-order valence-electron chi connectivity index (χ1n) is 31.5. The highest BCUT2D eigenvalue weighted by Gasteiger charge is 2.68. The SMILES string of the molecule is CC(C)(C)OO.COC1CCC2(CC1)Cc1ccc(C#CC3CC3)cc1C21N=C(N)NC1=O.COC1CCC2(CC1)Cc1ccc(C#CC3CC3)cc1C21NC(=O)NC1=O.COC1CCC2(CC1)Cc1ccc(C#CC3CC3)cc1C21NC(=S)NC1=O. The van der Waals surface area contributed by atoms with Gasteiger partial charge in [-0.1, -0.05) is 53.7 Å². The standard InChI is InChI=1S/C22H25N3O2.C22H24N2O3.C22H24N2O2S.C4H10O2/c1-27-17-8-10-21(11-9-17)13-16-7-6-15(5-4-14-2-3-14)12-18(16)22(21)19(26)24-20(23)25-22;1-27-17-8-10-21(11-9-17)13-16-7-6-15(5-4-14-2-3-14)12-18(16)22(21)19(25)23-20(26)24-22;1-26-17-8-10-21(11-9-17)13-16-7-6-15(5-4-14-2-3-14)12-18(16)22(21)19(25)23-20(27)24-22;1-4(2,3)6-5/h6-7,12,14,17H,2-3,8-11,13H2,1H3,(H3,23,24,25,26);6-7,12,14,17H,2-3,8-11,13H2,1H3,(H2,23,24,25,26);6-7,12,14,17H,2-3,8-11,13H2,1H3,(H2,23,24,25,27);5H,1-3H3. The molecule has 8 N–H and O–H groups in total. The third-order valence-electron chi connectivity index (χ3n) is 21.0. The Kier molecular flexibility index (Phi) is 16.3. The van der Waals surface area contributed by atoms with Crippen LogP contribution in [-0.4, -0.2) is 85.3 Å². The second-order valence-electron chi connectivity index (χ2n) is 27.6. The van der Waals surface area contributed by atoms with Crippen molar-refractivity contribution in [2.45, 2.75) is 196 Å². The van der Waals surface area contributed by atoms with Gasteiger partial charge in [0.25, 0.3) is 17.7 Å². The maximum absolute atomic E-state index is 13.3. The molecular weight excluding hydrogens is 1110 g/mol. The second kappa shape index (κ2) is 23.4. The molecule has 0 radical (unpaired) electrons. The van der Waals surface area contributed by atoms with E-state index in [1.54, 1.807) is 42.1 Å². The maximum Gasteiger partial charge on any atom is 0.322 e. The molecule has 6 spiro atoms. The van der Waals surface area contributed by atoms with Gasteiger partial charge in [-0.2, -0.15) is 0 Å². The van der Waals surface area contributed by atoms with Crippen LogP contribution in [0.1, 0.15) is 186 Å². The molecule has 3 unspecified atom stereocenters. The molecule has 6 saturated carbocycles. The van der Waals surface area contributed by atoms with E-state index in [2.05, 4.69) is 116 Å². The van der Waals surface area contributed by atoms with E-state index < -0.39 is 28.2 Å². The number of guanidine groups is 1. The van der Waals surface area contributed by atoms with Gasteiger partial charge in [0.05, 0.1) is 23.9 Å². The number of amides is 5. The number of ether oxygens (including phenoxy) is 3. The summed E-state index contributed by atoms with van der Waals surface area (Å²) in [6.45, 7) is 5.31. The summed E-state index contributed by atoms with van der Waals surface area (Å²) in [5.41, 5.74) is 11.8. The van der Waals surface area contributed by atoms with Crippen LogP contribution in [0, 0.1) is 69.5 Å². The monoisotopic (exact) mass is 1200 g/mol.